The topological polar surface area (TPSA) is 86.3 Å². The monoisotopic (exact) mass is 391 g/mol. The van der Waals surface area contributed by atoms with Gasteiger partial charge in [0.05, 0.1) is 17.6 Å². The summed E-state index contributed by atoms with van der Waals surface area (Å²) in [6.45, 7) is 6.10. The van der Waals surface area contributed by atoms with Crippen molar-refractivity contribution in [2.45, 2.75) is 39.3 Å². The van der Waals surface area contributed by atoms with Gasteiger partial charge in [-0.1, -0.05) is 11.3 Å². The van der Waals surface area contributed by atoms with E-state index >= 15 is 0 Å². The van der Waals surface area contributed by atoms with Crippen molar-refractivity contribution in [1.29, 1.82) is 0 Å². The number of nitrogens with zero attached hydrogens (tertiary/aromatic N) is 4. The molecule has 0 aliphatic carbocycles. The molecule has 0 unspecified atom stereocenters. The maximum atomic E-state index is 14.7. The third-order valence-corrected chi connectivity index (χ3v) is 4.22. The number of carbonyl (C=O) groups is 1. The van der Waals surface area contributed by atoms with Crippen molar-refractivity contribution in [1.82, 2.24) is 19.9 Å². The molecule has 0 saturated heterocycles. The molecular weight excluding hydrogens is 368 g/mol. The molecule has 2 aromatic rings. The first-order chi connectivity index (χ1) is 13.2. The quantitative estimate of drug-likeness (QED) is 0.869. The van der Waals surface area contributed by atoms with Crippen molar-refractivity contribution in [3.8, 4) is 5.69 Å². The number of aromatic nitrogens is 3. The molecule has 1 aromatic heterocycles. The first kappa shape index (κ1) is 19.9. The molecule has 0 bridgehead atoms. The number of hydrogen-bond donors (Lipinski definition) is 1. The molecule has 9 heteroatoms. The fraction of sp³-hybridized carbons (Fsp3) is 0.421. The summed E-state index contributed by atoms with van der Waals surface area (Å²) < 4.78 is 36.0. The van der Waals surface area contributed by atoms with Gasteiger partial charge in [-0.25, -0.2) is 18.3 Å². The van der Waals surface area contributed by atoms with Gasteiger partial charge < -0.3 is 15.4 Å². The van der Waals surface area contributed by atoms with Crippen LogP contribution in [0.5, 0.6) is 0 Å². The van der Waals surface area contributed by atoms with Gasteiger partial charge in [0.25, 0.3) is 0 Å². The Morgan fingerprint density at radius 2 is 1.96 bits per heavy atom. The Labute approximate surface area is 161 Å². The number of ether oxygens (including phenoxy) is 1. The molecule has 7 nitrogen and oxygen atoms in total. The van der Waals surface area contributed by atoms with Crippen LogP contribution in [-0.4, -0.2) is 44.7 Å². The Balaban J connectivity index is 1.80. The molecule has 0 spiro atoms. The van der Waals surface area contributed by atoms with Gasteiger partial charge in [-0.15, -0.1) is 5.10 Å². The normalized spacial score (nSPS) is 14.8. The molecule has 0 radical (unpaired) electrons. The van der Waals surface area contributed by atoms with Gasteiger partial charge in [0.1, 0.15) is 17.2 Å². The summed E-state index contributed by atoms with van der Waals surface area (Å²) in [5, 5.41) is 7.64. The van der Waals surface area contributed by atoms with Crippen molar-refractivity contribution < 1.29 is 18.3 Å². The predicted molar refractivity (Wildman–Crippen MR) is 99.6 cm³/mol. The van der Waals surface area contributed by atoms with E-state index in [0.29, 0.717) is 24.2 Å². The SMILES string of the molecule is CC(C)(C)OC(=O)N1CC=C(c2c(F)cc(-n3cc(CN)nn3)cc2F)CC1. The molecule has 0 fully saturated rings. The summed E-state index contributed by atoms with van der Waals surface area (Å²) in [5.41, 5.74) is 6.04. The van der Waals surface area contributed by atoms with Crippen molar-refractivity contribution in [3.05, 3.63) is 47.3 Å². The second-order valence-corrected chi connectivity index (χ2v) is 7.55. The highest BCUT2D eigenvalue weighted by atomic mass is 19.1. The summed E-state index contributed by atoms with van der Waals surface area (Å²) in [7, 11) is 0. The van der Waals surface area contributed by atoms with E-state index in [1.165, 1.54) is 27.9 Å². The summed E-state index contributed by atoms with van der Waals surface area (Å²) in [6.07, 6.45) is 3.05. The Bertz CT molecular complexity index is 894. The smallest absolute Gasteiger partial charge is 0.410 e. The molecule has 1 amide bonds. The highest BCUT2D eigenvalue weighted by Gasteiger charge is 2.26. The lowest BCUT2D eigenvalue weighted by Crippen LogP contribution is -2.39. The largest absolute Gasteiger partial charge is 0.444 e. The molecule has 0 atom stereocenters. The molecule has 2 heterocycles. The average Bonchev–Trinajstić information content (AvgIpc) is 3.09. The van der Waals surface area contributed by atoms with Crippen LogP contribution in [0.1, 0.15) is 38.4 Å². The van der Waals surface area contributed by atoms with Gasteiger partial charge in [0.2, 0.25) is 0 Å². The van der Waals surface area contributed by atoms with Crippen molar-refractivity contribution in [2.24, 2.45) is 5.73 Å². The Hall–Kier alpha value is -2.81. The van der Waals surface area contributed by atoms with Gasteiger partial charge in [0.15, 0.2) is 0 Å². The maximum absolute atomic E-state index is 14.7. The second kappa shape index (κ2) is 7.67. The lowest BCUT2D eigenvalue weighted by atomic mass is 9.98. The maximum Gasteiger partial charge on any atom is 0.410 e. The van der Waals surface area contributed by atoms with E-state index in [0.717, 1.165) is 0 Å². The number of amides is 1. The van der Waals surface area contributed by atoms with Crippen molar-refractivity contribution in [3.63, 3.8) is 0 Å². The van der Waals surface area contributed by atoms with Crippen LogP contribution in [0.2, 0.25) is 0 Å². The van der Waals surface area contributed by atoms with E-state index < -0.39 is 23.3 Å². The van der Waals surface area contributed by atoms with Gasteiger partial charge >= 0.3 is 6.09 Å². The van der Waals surface area contributed by atoms with E-state index in [-0.39, 0.29) is 24.3 Å². The second-order valence-electron chi connectivity index (χ2n) is 7.55. The van der Waals surface area contributed by atoms with E-state index in [1.54, 1.807) is 26.8 Å². The van der Waals surface area contributed by atoms with Crippen LogP contribution in [0.25, 0.3) is 11.3 Å². The lowest BCUT2D eigenvalue weighted by molar-refractivity contribution is 0.0270. The molecule has 1 aliphatic rings. The van der Waals surface area contributed by atoms with Crippen LogP contribution in [0.4, 0.5) is 13.6 Å². The Kier molecular flexibility index (Phi) is 5.46. The number of hydrogen-bond acceptors (Lipinski definition) is 5. The number of nitrogens with two attached hydrogens (primary N) is 1. The van der Waals surface area contributed by atoms with E-state index in [2.05, 4.69) is 10.3 Å². The van der Waals surface area contributed by atoms with Crippen LogP contribution < -0.4 is 5.73 Å². The van der Waals surface area contributed by atoms with Crippen LogP contribution in [-0.2, 0) is 11.3 Å². The molecule has 3 rings (SSSR count). The highest BCUT2D eigenvalue weighted by Crippen LogP contribution is 2.29. The minimum atomic E-state index is -0.697. The van der Waals surface area contributed by atoms with Crippen molar-refractivity contribution >= 4 is 11.7 Å². The van der Waals surface area contributed by atoms with Crippen LogP contribution >= 0.6 is 0 Å². The van der Waals surface area contributed by atoms with Crippen LogP contribution in [0, 0.1) is 11.6 Å². The standard InChI is InChI=1S/C19H23F2N5O2/c1-19(2,3)28-18(27)25-6-4-12(5-7-25)17-15(20)8-14(9-16(17)21)26-11-13(10-22)23-24-26/h4,8-9,11H,5-7,10,22H2,1-3H3. The van der Waals surface area contributed by atoms with E-state index in [4.69, 9.17) is 10.5 Å². The molecule has 0 saturated carbocycles. The fourth-order valence-electron chi connectivity index (χ4n) is 2.91. The zero-order valence-electron chi connectivity index (χ0n) is 16.1. The number of halogens is 2. The lowest BCUT2D eigenvalue weighted by Gasteiger charge is -2.29. The van der Waals surface area contributed by atoms with Gasteiger partial charge in [-0.05, 0) is 32.8 Å². The summed E-state index contributed by atoms with van der Waals surface area (Å²) in [6, 6.07) is 2.41. The summed E-state index contributed by atoms with van der Waals surface area (Å²) in [5.74, 6) is -1.39. The number of rotatable bonds is 3. The van der Waals surface area contributed by atoms with E-state index in [1.807, 2.05) is 0 Å². The van der Waals surface area contributed by atoms with Gasteiger partial charge in [0, 0.05) is 37.3 Å². The number of carbonyl (C=O) groups excluding carboxylic acids is 1. The van der Waals surface area contributed by atoms with E-state index in [9.17, 15) is 13.6 Å². The molecule has 1 aromatic carbocycles. The first-order valence-electron chi connectivity index (χ1n) is 8.96. The zero-order chi connectivity index (χ0) is 20.5. The molecule has 2 N–H and O–H groups in total. The summed E-state index contributed by atoms with van der Waals surface area (Å²) in [4.78, 5) is 13.6. The Morgan fingerprint density at radius 1 is 1.29 bits per heavy atom. The third-order valence-electron chi connectivity index (χ3n) is 4.22. The summed E-state index contributed by atoms with van der Waals surface area (Å²) >= 11 is 0. The minimum absolute atomic E-state index is 0.0910. The minimum Gasteiger partial charge on any atom is -0.444 e. The van der Waals surface area contributed by atoms with Gasteiger partial charge in [-0.3, -0.25) is 0 Å². The zero-order valence-corrected chi connectivity index (χ0v) is 16.1. The molecule has 28 heavy (non-hydrogen) atoms. The average molecular weight is 391 g/mol. The number of benzene rings is 1. The third kappa shape index (κ3) is 4.36. The van der Waals surface area contributed by atoms with Crippen LogP contribution in [0.3, 0.4) is 0 Å². The molecular formula is C19H23F2N5O2. The molecule has 150 valence electrons. The predicted octanol–water partition coefficient (Wildman–Crippen LogP) is 3.03. The van der Waals surface area contributed by atoms with Crippen LogP contribution in [0.15, 0.2) is 24.4 Å². The molecule has 1 aliphatic heterocycles. The Morgan fingerprint density at radius 3 is 2.46 bits per heavy atom. The first-order valence-corrected chi connectivity index (χ1v) is 8.96. The highest BCUT2D eigenvalue weighted by molar-refractivity contribution is 5.73. The fourth-order valence-corrected chi connectivity index (χ4v) is 2.91. The van der Waals surface area contributed by atoms with Crippen molar-refractivity contribution in [2.75, 3.05) is 13.1 Å². The van der Waals surface area contributed by atoms with Gasteiger partial charge in [-0.2, -0.15) is 0 Å².